The van der Waals surface area contributed by atoms with Crippen LogP contribution in [0.1, 0.15) is 15.9 Å². The molecule has 0 bridgehead atoms. The number of esters is 1. The predicted octanol–water partition coefficient (Wildman–Crippen LogP) is 3.95. The maximum absolute atomic E-state index is 12.4. The van der Waals surface area contributed by atoms with Crippen molar-refractivity contribution in [3.63, 3.8) is 0 Å². The average molecular weight is 349 g/mol. The summed E-state index contributed by atoms with van der Waals surface area (Å²) < 4.78 is 10.4. The number of amides is 1. The second-order valence-electron chi connectivity index (χ2n) is 5.89. The van der Waals surface area contributed by atoms with Crippen LogP contribution in [0.4, 0.5) is 5.69 Å². The second kappa shape index (κ2) is 7.70. The van der Waals surface area contributed by atoms with E-state index in [0.717, 1.165) is 16.3 Å². The second-order valence-corrected chi connectivity index (χ2v) is 5.89. The minimum absolute atomic E-state index is 0.286. The first kappa shape index (κ1) is 17.5. The van der Waals surface area contributed by atoms with E-state index in [-0.39, 0.29) is 12.2 Å². The van der Waals surface area contributed by atoms with Gasteiger partial charge in [-0.2, -0.15) is 0 Å². The fourth-order valence-electron chi connectivity index (χ4n) is 2.59. The molecule has 5 nitrogen and oxygen atoms in total. The topological polar surface area (TPSA) is 64.6 Å². The zero-order valence-corrected chi connectivity index (χ0v) is 14.6. The molecule has 3 rings (SSSR count). The van der Waals surface area contributed by atoms with Gasteiger partial charge in [-0.05, 0) is 42.0 Å². The molecule has 0 aliphatic carbocycles. The fraction of sp³-hybridized carbons (Fsp3) is 0.143. The normalized spacial score (nSPS) is 10.4. The molecule has 3 aromatic rings. The highest BCUT2D eigenvalue weighted by Gasteiger charge is 2.16. The van der Waals surface area contributed by atoms with E-state index in [0.29, 0.717) is 11.4 Å². The summed E-state index contributed by atoms with van der Waals surface area (Å²) in [6.07, 6.45) is 0. The largest absolute Gasteiger partial charge is 0.496 e. The molecule has 0 atom stereocenters. The van der Waals surface area contributed by atoms with Gasteiger partial charge in [0.05, 0.1) is 7.11 Å². The molecule has 0 unspecified atom stereocenters. The number of hydrogen-bond acceptors (Lipinski definition) is 4. The summed E-state index contributed by atoms with van der Waals surface area (Å²) in [7, 11) is 1.49. The molecule has 0 saturated heterocycles. The van der Waals surface area contributed by atoms with E-state index in [1.807, 2.05) is 43.3 Å². The number of hydrogen-bond donors (Lipinski definition) is 1. The molecule has 0 heterocycles. The highest BCUT2D eigenvalue weighted by molar-refractivity contribution is 6.00. The van der Waals surface area contributed by atoms with Crippen molar-refractivity contribution < 1.29 is 19.1 Å². The smallest absolute Gasteiger partial charge is 0.342 e. The number of ether oxygens (including phenoxy) is 2. The van der Waals surface area contributed by atoms with E-state index in [2.05, 4.69) is 5.32 Å². The van der Waals surface area contributed by atoms with E-state index in [4.69, 9.17) is 9.47 Å². The Hall–Kier alpha value is -3.34. The van der Waals surface area contributed by atoms with Crippen LogP contribution in [0.2, 0.25) is 0 Å². The molecule has 132 valence electrons. The molecule has 0 radical (unpaired) electrons. The Morgan fingerprint density at radius 3 is 2.27 bits per heavy atom. The van der Waals surface area contributed by atoms with Crippen LogP contribution in [0.15, 0.2) is 60.7 Å². The molecule has 26 heavy (non-hydrogen) atoms. The number of nitrogens with one attached hydrogen (secondary N) is 1. The maximum atomic E-state index is 12.4. The van der Waals surface area contributed by atoms with Crippen LogP contribution in [-0.4, -0.2) is 25.6 Å². The number of anilines is 1. The molecular weight excluding hydrogens is 330 g/mol. The number of aryl methyl sites for hydroxylation is 1. The molecule has 0 aliphatic rings. The standard InChI is InChI=1S/C21H19NO4/c1-14-7-9-17(10-8-14)22-20(23)13-26-21(24)18-11-15-5-3-4-6-16(15)12-19(18)25-2/h3-12H,13H2,1-2H3,(H,22,23). The highest BCUT2D eigenvalue weighted by atomic mass is 16.5. The summed E-state index contributed by atoms with van der Waals surface area (Å²) in [6.45, 7) is 1.59. The third-order valence-corrected chi connectivity index (χ3v) is 3.96. The van der Waals surface area contributed by atoms with E-state index >= 15 is 0 Å². The summed E-state index contributed by atoms with van der Waals surface area (Å²) in [6, 6.07) is 18.5. The van der Waals surface area contributed by atoms with Gasteiger partial charge in [-0.15, -0.1) is 0 Å². The van der Waals surface area contributed by atoms with Crippen molar-refractivity contribution in [1.29, 1.82) is 0 Å². The van der Waals surface area contributed by atoms with Crippen molar-refractivity contribution in [3.05, 3.63) is 71.8 Å². The molecule has 0 saturated carbocycles. The van der Waals surface area contributed by atoms with Crippen molar-refractivity contribution in [3.8, 4) is 5.75 Å². The lowest BCUT2D eigenvalue weighted by Gasteiger charge is -2.11. The molecule has 0 spiro atoms. The number of methoxy groups -OCH3 is 1. The number of fused-ring (bicyclic) bond motifs is 1. The number of rotatable bonds is 5. The summed E-state index contributed by atoms with van der Waals surface area (Å²) in [4.78, 5) is 24.4. The van der Waals surface area contributed by atoms with Crippen molar-refractivity contribution in [1.82, 2.24) is 0 Å². The Balaban J connectivity index is 1.68. The lowest BCUT2D eigenvalue weighted by Crippen LogP contribution is -2.21. The molecule has 1 amide bonds. The number of carbonyl (C=O) groups excluding carboxylic acids is 2. The van der Waals surface area contributed by atoms with Crippen LogP contribution in [0.3, 0.4) is 0 Å². The Kier molecular flexibility index (Phi) is 5.17. The van der Waals surface area contributed by atoms with Gasteiger partial charge in [0.25, 0.3) is 5.91 Å². The van der Waals surface area contributed by atoms with Gasteiger partial charge in [-0.3, -0.25) is 4.79 Å². The van der Waals surface area contributed by atoms with E-state index in [9.17, 15) is 9.59 Å². The molecular formula is C21H19NO4. The number of benzene rings is 3. The quantitative estimate of drug-likeness (QED) is 0.708. The molecule has 0 fully saturated rings. The van der Waals surface area contributed by atoms with Gasteiger partial charge in [0.1, 0.15) is 11.3 Å². The highest BCUT2D eigenvalue weighted by Crippen LogP contribution is 2.26. The van der Waals surface area contributed by atoms with E-state index in [1.165, 1.54) is 7.11 Å². The van der Waals surface area contributed by atoms with Gasteiger partial charge in [0.2, 0.25) is 0 Å². The Morgan fingerprint density at radius 2 is 1.62 bits per heavy atom. The zero-order chi connectivity index (χ0) is 18.5. The van der Waals surface area contributed by atoms with Gasteiger partial charge < -0.3 is 14.8 Å². The third kappa shape index (κ3) is 4.00. The van der Waals surface area contributed by atoms with Gasteiger partial charge in [0.15, 0.2) is 6.61 Å². The number of carbonyl (C=O) groups is 2. The molecule has 5 heteroatoms. The molecule has 1 N–H and O–H groups in total. The molecule has 3 aromatic carbocycles. The maximum Gasteiger partial charge on any atom is 0.342 e. The molecule has 0 aromatic heterocycles. The summed E-state index contributed by atoms with van der Waals surface area (Å²) in [5.41, 5.74) is 2.03. The van der Waals surface area contributed by atoms with Crippen LogP contribution in [0.25, 0.3) is 10.8 Å². The monoisotopic (exact) mass is 349 g/mol. The lowest BCUT2D eigenvalue weighted by molar-refractivity contribution is -0.119. The fourth-order valence-corrected chi connectivity index (χ4v) is 2.59. The third-order valence-electron chi connectivity index (χ3n) is 3.96. The minimum atomic E-state index is -0.605. The first-order valence-electron chi connectivity index (χ1n) is 8.17. The Labute approximate surface area is 151 Å². The van der Waals surface area contributed by atoms with Gasteiger partial charge >= 0.3 is 5.97 Å². The van der Waals surface area contributed by atoms with Crippen molar-refractivity contribution >= 4 is 28.3 Å². The van der Waals surface area contributed by atoms with Crippen molar-refractivity contribution in [2.75, 3.05) is 19.0 Å². The van der Waals surface area contributed by atoms with E-state index in [1.54, 1.807) is 24.3 Å². The first-order chi connectivity index (χ1) is 12.6. The minimum Gasteiger partial charge on any atom is -0.496 e. The summed E-state index contributed by atoms with van der Waals surface area (Å²) in [5.74, 6) is -0.596. The van der Waals surface area contributed by atoms with Gasteiger partial charge in [0, 0.05) is 5.69 Å². The summed E-state index contributed by atoms with van der Waals surface area (Å²) in [5, 5.41) is 4.54. The van der Waals surface area contributed by atoms with Crippen molar-refractivity contribution in [2.24, 2.45) is 0 Å². The van der Waals surface area contributed by atoms with Crippen LogP contribution in [-0.2, 0) is 9.53 Å². The van der Waals surface area contributed by atoms with Crippen LogP contribution in [0, 0.1) is 6.92 Å². The lowest BCUT2D eigenvalue weighted by atomic mass is 10.1. The summed E-state index contributed by atoms with van der Waals surface area (Å²) >= 11 is 0. The Bertz CT molecular complexity index is 948. The van der Waals surface area contributed by atoms with Crippen LogP contribution in [0.5, 0.6) is 5.75 Å². The zero-order valence-electron chi connectivity index (χ0n) is 14.6. The van der Waals surface area contributed by atoms with Gasteiger partial charge in [-0.1, -0.05) is 42.0 Å². The van der Waals surface area contributed by atoms with Gasteiger partial charge in [-0.25, -0.2) is 4.79 Å². The van der Waals surface area contributed by atoms with Crippen LogP contribution < -0.4 is 10.1 Å². The van der Waals surface area contributed by atoms with E-state index < -0.39 is 11.9 Å². The Morgan fingerprint density at radius 1 is 0.962 bits per heavy atom. The average Bonchev–Trinajstić information content (AvgIpc) is 2.66. The van der Waals surface area contributed by atoms with Crippen LogP contribution >= 0.6 is 0 Å². The predicted molar refractivity (Wildman–Crippen MR) is 101 cm³/mol. The first-order valence-corrected chi connectivity index (χ1v) is 8.17. The van der Waals surface area contributed by atoms with Crippen molar-refractivity contribution in [2.45, 2.75) is 6.92 Å². The SMILES string of the molecule is COc1cc2ccccc2cc1C(=O)OCC(=O)Nc1ccc(C)cc1. The molecule has 0 aliphatic heterocycles.